The maximum Gasteiger partial charge on any atom is 0.415 e. The Labute approximate surface area is 204 Å². The summed E-state index contributed by atoms with van der Waals surface area (Å²) in [6.07, 6.45) is 4.18. The summed E-state index contributed by atoms with van der Waals surface area (Å²) in [5.41, 5.74) is 4.59. The highest BCUT2D eigenvalue weighted by Gasteiger charge is 2.46. The molecule has 3 aromatic rings. The SMILES string of the molecule is COc1cc2c(cc1Nc1ncc3ccc(N4CC5(CCNCC5)OC4=O)cc3n1)CN(C)CC2. The third-order valence-corrected chi connectivity index (χ3v) is 7.33. The fourth-order valence-corrected chi connectivity index (χ4v) is 5.32. The minimum atomic E-state index is -0.396. The van der Waals surface area contributed by atoms with E-state index in [4.69, 9.17) is 14.5 Å². The summed E-state index contributed by atoms with van der Waals surface area (Å²) < 4.78 is 11.5. The highest BCUT2D eigenvalue weighted by molar-refractivity contribution is 5.93. The van der Waals surface area contributed by atoms with E-state index in [0.29, 0.717) is 12.5 Å². The number of nitrogens with zero attached hydrogens (tertiary/aromatic N) is 4. The number of anilines is 3. The number of fused-ring (bicyclic) bond motifs is 2. The molecule has 0 bridgehead atoms. The van der Waals surface area contributed by atoms with Crippen LogP contribution in [0.1, 0.15) is 24.0 Å². The van der Waals surface area contributed by atoms with Gasteiger partial charge in [0.2, 0.25) is 5.95 Å². The van der Waals surface area contributed by atoms with Crippen LogP contribution in [0.25, 0.3) is 10.9 Å². The maximum atomic E-state index is 12.7. The molecule has 0 unspecified atom stereocenters. The Hall–Kier alpha value is -3.43. The number of likely N-dealkylation sites (N-methyl/N-ethyl adjacent to an activating group) is 1. The van der Waals surface area contributed by atoms with Gasteiger partial charge in [-0.15, -0.1) is 0 Å². The number of hydrogen-bond donors (Lipinski definition) is 2. The molecule has 0 saturated carbocycles. The van der Waals surface area contributed by atoms with E-state index in [0.717, 1.165) is 73.5 Å². The molecule has 2 saturated heterocycles. The first-order valence-corrected chi connectivity index (χ1v) is 12.2. The quantitative estimate of drug-likeness (QED) is 0.594. The zero-order valence-electron chi connectivity index (χ0n) is 20.1. The Morgan fingerprint density at radius 3 is 2.86 bits per heavy atom. The largest absolute Gasteiger partial charge is 0.495 e. The van der Waals surface area contributed by atoms with Gasteiger partial charge in [-0.1, -0.05) is 0 Å². The van der Waals surface area contributed by atoms with Gasteiger partial charge in [0.05, 0.1) is 24.9 Å². The number of methoxy groups -OCH3 is 1. The first-order valence-electron chi connectivity index (χ1n) is 12.2. The fraction of sp³-hybridized carbons (Fsp3) is 0.423. The van der Waals surface area contributed by atoms with Crippen LogP contribution in [0.5, 0.6) is 5.75 Å². The van der Waals surface area contributed by atoms with Crippen molar-refractivity contribution in [3.63, 3.8) is 0 Å². The molecule has 0 radical (unpaired) electrons. The summed E-state index contributed by atoms with van der Waals surface area (Å²) in [5.74, 6) is 1.26. The van der Waals surface area contributed by atoms with Crippen molar-refractivity contribution in [3.05, 3.63) is 47.7 Å². The normalized spacial score (nSPS) is 19.6. The lowest BCUT2D eigenvalue weighted by molar-refractivity contribution is 0.0316. The third kappa shape index (κ3) is 4.15. The van der Waals surface area contributed by atoms with Gasteiger partial charge in [0.1, 0.15) is 11.4 Å². The van der Waals surface area contributed by atoms with E-state index < -0.39 is 5.60 Å². The highest BCUT2D eigenvalue weighted by atomic mass is 16.6. The summed E-state index contributed by atoms with van der Waals surface area (Å²) >= 11 is 0. The second-order valence-electron chi connectivity index (χ2n) is 9.76. The van der Waals surface area contributed by atoms with Crippen molar-refractivity contribution in [2.45, 2.75) is 31.4 Å². The second-order valence-corrected chi connectivity index (χ2v) is 9.76. The number of benzene rings is 2. The van der Waals surface area contributed by atoms with Gasteiger partial charge < -0.3 is 25.0 Å². The van der Waals surface area contributed by atoms with E-state index in [-0.39, 0.29) is 6.09 Å². The molecule has 2 N–H and O–H groups in total. The molecule has 9 nitrogen and oxygen atoms in total. The number of nitrogens with one attached hydrogen (secondary N) is 2. The zero-order valence-corrected chi connectivity index (χ0v) is 20.1. The Bertz CT molecular complexity index is 1290. The molecule has 3 aliphatic heterocycles. The smallest absolute Gasteiger partial charge is 0.415 e. The maximum absolute atomic E-state index is 12.7. The van der Waals surface area contributed by atoms with Crippen LogP contribution in [0.15, 0.2) is 36.5 Å². The lowest BCUT2D eigenvalue weighted by atomic mass is 9.92. The van der Waals surface area contributed by atoms with Crippen molar-refractivity contribution in [2.75, 3.05) is 50.6 Å². The molecule has 0 aliphatic carbocycles. The Morgan fingerprint density at radius 2 is 2.03 bits per heavy atom. The molecule has 182 valence electrons. The molecule has 2 fully saturated rings. The molecular formula is C26H30N6O3. The van der Waals surface area contributed by atoms with E-state index in [1.54, 1.807) is 18.2 Å². The molecule has 1 aromatic heterocycles. The number of carbonyl (C=O) groups excluding carboxylic acids is 1. The van der Waals surface area contributed by atoms with E-state index in [1.165, 1.54) is 11.1 Å². The van der Waals surface area contributed by atoms with Crippen molar-refractivity contribution in [2.24, 2.45) is 0 Å². The molecule has 1 spiro atoms. The molecule has 9 heteroatoms. The average Bonchev–Trinajstić information content (AvgIpc) is 3.18. The monoisotopic (exact) mass is 474 g/mol. The zero-order chi connectivity index (χ0) is 24.0. The minimum absolute atomic E-state index is 0.289. The Balaban J connectivity index is 1.28. The van der Waals surface area contributed by atoms with Crippen molar-refractivity contribution < 1.29 is 14.3 Å². The number of amides is 1. The van der Waals surface area contributed by atoms with Gasteiger partial charge in [-0.3, -0.25) is 4.90 Å². The summed E-state index contributed by atoms with van der Waals surface area (Å²) in [4.78, 5) is 26.0. The van der Waals surface area contributed by atoms with Gasteiger partial charge in [-0.25, -0.2) is 14.8 Å². The van der Waals surface area contributed by atoms with E-state index >= 15 is 0 Å². The summed E-state index contributed by atoms with van der Waals surface area (Å²) in [6, 6.07) is 10.1. The van der Waals surface area contributed by atoms with Crippen molar-refractivity contribution in [3.8, 4) is 5.75 Å². The first kappa shape index (κ1) is 22.1. The predicted octanol–water partition coefficient (Wildman–Crippen LogP) is 3.45. The summed E-state index contributed by atoms with van der Waals surface area (Å²) in [6.45, 7) is 4.24. The van der Waals surface area contributed by atoms with Gasteiger partial charge in [0, 0.05) is 43.2 Å². The fourth-order valence-electron chi connectivity index (χ4n) is 5.32. The van der Waals surface area contributed by atoms with Gasteiger partial charge in [0.25, 0.3) is 0 Å². The lowest BCUT2D eigenvalue weighted by Gasteiger charge is -2.31. The van der Waals surface area contributed by atoms with Crippen LogP contribution in [-0.4, -0.2) is 66.9 Å². The molecule has 35 heavy (non-hydrogen) atoms. The van der Waals surface area contributed by atoms with Crippen LogP contribution in [0.3, 0.4) is 0 Å². The molecule has 2 aromatic carbocycles. The van der Waals surface area contributed by atoms with Crippen LogP contribution in [0, 0.1) is 0 Å². The van der Waals surface area contributed by atoms with Crippen molar-refractivity contribution in [1.82, 2.24) is 20.2 Å². The number of rotatable bonds is 4. The Morgan fingerprint density at radius 1 is 1.17 bits per heavy atom. The predicted molar refractivity (Wildman–Crippen MR) is 135 cm³/mol. The Kier molecular flexibility index (Phi) is 5.46. The lowest BCUT2D eigenvalue weighted by Crippen LogP contribution is -2.44. The van der Waals surface area contributed by atoms with Crippen LogP contribution < -0.4 is 20.3 Å². The molecule has 4 heterocycles. The van der Waals surface area contributed by atoms with Gasteiger partial charge in [-0.05, 0) is 68.0 Å². The highest BCUT2D eigenvalue weighted by Crippen LogP contribution is 2.36. The number of hydrogen-bond acceptors (Lipinski definition) is 8. The van der Waals surface area contributed by atoms with Crippen LogP contribution in [0.2, 0.25) is 0 Å². The van der Waals surface area contributed by atoms with Crippen molar-refractivity contribution in [1.29, 1.82) is 0 Å². The van der Waals surface area contributed by atoms with E-state index in [2.05, 4.69) is 39.7 Å². The number of ether oxygens (including phenoxy) is 2. The minimum Gasteiger partial charge on any atom is -0.495 e. The first-order chi connectivity index (χ1) is 17.0. The third-order valence-electron chi connectivity index (χ3n) is 7.33. The van der Waals surface area contributed by atoms with Gasteiger partial charge in [-0.2, -0.15) is 0 Å². The molecule has 0 atom stereocenters. The second kappa shape index (κ2) is 8.66. The molecule has 1 amide bonds. The number of aromatic nitrogens is 2. The van der Waals surface area contributed by atoms with Crippen LogP contribution in [0.4, 0.5) is 22.1 Å². The summed E-state index contributed by atoms with van der Waals surface area (Å²) in [5, 5.41) is 7.59. The van der Waals surface area contributed by atoms with Crippen molar-refractivity contribution >= 4 is 34.3 Å². The number of piperidine rings is 1. The van der Waals surface area contributed by atoms with Gasteiger partial charge in [0.15, 0.2) is 0 Å². The molecular weight excluding hydrogens is 444 g/mol. The van der Waals surface area contributed by atoms with E-state index in [9.17, 15) is 4.79 Å². The molecule has 3 aliphatic rings. The van der Waals surface area contributed by atoms with Gasteiger partial charge >= 0.3 is 6.09 Å². The van der Waals surface area contributed by atoms with E-state index in [1.807, 2.05) is 18.2 Å². The van der Waals surface area contributed by atoms with Crippen LogP contribution in [-0.2, 0) is 17.7 Å². The molecule has 6 rings (SSSR count). The average molecular weight is 475 g/mol. The topological polar surface area (TPSA) is 91.8 Å². The standard InChI is InChI=1S/C26H30N6O3/c1-31-10-5-17-12-23(34-2)22(11-19(17)15-31)30-24-28-14-18-3-4-20(13-21(18)29-24)32-16-26(35-25(32)33)6-8-27-9-7-26/h3-4,11-14,27H,5-10,15-16H2,1-2H3,(H,28,29,30). The number of carbonyl (C=O) groups is 1. The van der Waals surface area contributed by atoms with Crippen LogP contribution >= 0.6 is 0 Å². The summed E-state index contributed by atoms with van der Waals surface area (Å²) in [7, 11) is 3.81.